The van der Waals surface area contributed by atoms with Gasteiger partial charge in [-0.1, -0.05) is 0 Å². The fraction of sp³-hybridized carbons (Fsp3) is 0.833. The Balaban J connectivity index is 3.76. The van der Waals surface area contributed by atoms with Gasteiger partial charge in [0.05, 0.1) is 11.5 Å². The summed E-state index contributed by atoms with van der Waals surface area (Å²) in [6, 6.07) is 1.79. The van der Waals surface area contributed by atoms with Gasteiger partial charge in [0.25, 0.3) is 0 Å². The molecule has 1 nitrogen and oxygen atoms in total. The quantitative estimate of drug-likeness (QED) is 0.566. The predicted molar refractivity (Wildman–Crippen MR) is 30.0 cm³/mol. The summed E-state index contributed by atoms with van der Waals surface area (Å²) in [5.41, 5.74) is -0.881. The van der Waals surface area contributed by atoms with Crippen molar-refractivity contribution in [2.45, 2.75) is 26.7 Å². The Kier molecular flexibility index (Phi) is 2.57. The van der Waals surface area contributed by atoms with Crippen molar-refractivity contribution in [2.24, 2.45) is 5.41 Å². The van der Waals surface area contributed by atoms with Crippen LogP contribution in [-0.2, 0) is 0 Å². The van der Waals surface area contributed by atoms with Crippen LogP contribution in [-0.4, -0.2) is 6.43 Å². The van der Waals surface area contributed by atoms with E-state index in [0.717, 1.165) is 0 Å². The van der Waals surface area contributed by atoms with Gasteiger partial charge in [-0.2, -0.15) is 5.26 Å². The maximum Gasteiger partial charge on any atom is 0.240 e. The van der Waals surface area contributed by atoms with Crippen molar-refractivity contribution >= 4 is 0 Å². The van der Waals surface area contributed by atoms with Crippen LogP contribution in [0.2, 0.25) is 0 Å². The molecule has 0 aromatic carbocycles. The largest absolute Gasteiger partial charge is 0.240 e. The standard InChI is InChI=1S/C6H9F2N/c1-6(2,4-9)3-5(7)8/h5H,3H2,1-2H3. The van der Waals surface area contributed by atoms with Crippen molar-refractivity contribution in [2.75, 3.05) is 0 Å². The van der Waals surface area contributed by atoms with Gasteiger partial charge in [-0.15, -0.1) is 0 Å². The lowest BCUT2D eigenvalue weighted by Crippen LogP contribution is -2.12. The number of nitrogens with zero attached hydrogens (tertiary/aromatic N) is 1. The maximum atomic E-state index is 11.6. The molecule has 0 aliphatic heterocycles. The van der Waals surface area contributed by atoms with Crippen LogP contribution < -0.4 is 0 Å². The van der Waals surface area contributed by atoms with Gasteiger partial charge in [-0.3, -0.25) is 0 Å². The fourth-order valence-corrected chi connectivity index (χ4v) is 0.431. The van der Waals surface area contributed by atoms with Crippen LogP contribution in [0.25, 0.3) is 0 Å². The Bertz CT molecular complexity index is 124. The third-order valence-corrected chi connectivity index (χ3v) is 0.967. The monoisotopic (exact) mass is 133 g/mol. The molecule has 0 bridgehead atoms. The van der Waals surface area contributed by atoms with Gasteiger partial charge in [0, 0.05) is 6.42 Å². The molecule has 9 heavy (non-hydrogen) atoms. The molecule has 0 heterocycles. The van der Waals surface area contributed by atoms with E-state index in [-0.39, 0.29) is 6.42 Å². The molecule has 0 atom stereocenters. The number of nitriles is 1. The lowest BCUT2D eigenvalue weighted by atomic mass is 9.92. The summed E-state index contributed by atoms with van der Waals surface area (Å²) in [6.07, 6.45) is -2.72. The van der Waals surface area contributed by atoms with Gasteiger partial charge in [0.15, 0.2) is 0 Å². The lowest BCUT2D eigenvalue weighted by molar-refractivity contribution is 0.106. The summed E-state index contributed by atoms with van der Waals surface area (Å²) in [5.74, 6) is 0. The van der Waals surface area contributed by atoms with Crippen molar-refractivity contribution in [3.05, 3.63) is 0 Å². The average Bonchev–Trinajstić information content (AvgIpc) is 1.63. The summed E-state index contributed by atoms with van der Waals surface area (Å²) < 4.78 is 23.1. The highest BCUT2D eigenvalue weighted by Crippen LogP contribution is 2.22. The second-order valence-corrected chi connectivity index (χ2v) is 2.59. The predicted octanol–water partition coefficient (Wildman–Crippen LogP) is 2.19. The van der Waals surface area contributed by atoms with E-state index in [1.807, 2.05) is 0 Å². The molecule has 0 saturated heterocycles. The number of halogens is 2. The van der Waals surface area contributed by atoms with Crippen molar-refractivity contribution in [1.82, 2.24) is 0 Å². The van der Waals surface area contributed by atoms with Crippen molar-refractivity contribution < 1.29 is 8.78 Å². The highest BCUT2D eigenvalue weighted by molar-refractivity contribution is 4.91. The van der Waals surface area contributed by atoms with Crippen LogP contribution in [0.4, 0.5) is 8.78 Å². The molecule has 0 aliphatic rings. The highest BCUT2D eigenvalue weighted by atomic mass is 19.3. The first kappa shape index (κ1) is 8.35. The lowest BCUT2D eigenvalue weighted by Gasteiger charge is -2.12. The molecule has 0 spiro atoms. The summed E-state index contributed by atoms with van der Waals surface area (Å²) >= 11 is 0. The average molecular weight is 133 g/mol. The molecule has 0 fully saturated rings. The van der Waals surface area contributed by atoms with Crippen LogP contribution in [0.15, 0.2) is 0 Å². The normalized spacial score (nSPS) is 11.6. The number of hydrogen-bond acceptors (Lipinski definition) is 1. The smallest absolute Gasteiger partial charge is 0.210 e. The molecule has 0 radical (unpaired) electrons. The first-order valence-electron chi connectivity index (χ1n) is 2.67. The van der Waals surface area contributed by atoms with E-state index in [2.05, 4.69) is 0 Å². The zero-order valence-electron chi connectivity index (χ0n) is 5.49. The van der Waals surface area contributed by atoms with Crippen LogP contribution in [0.5, 0.6) is 0 Å². The molecule has 0 amide bonds. The van der Waals surface area contributed by atoms with Crippen molar-refractivity contribution in [1.29, 1.82) is 5.26 Å². The number of hydrogen-bond donors (Lipinski definition) is 0. The van der Waals surface area contributed by atoms with Crippen LogP contribution in [0, 0.1) is 16.7 Å². The minimum absolute atomic E-state index is 0.344. The summed E-state index contributed by atoms with van der Waals surface area (Å²) in [4.78, 5) is 0. The molecule has 0 N–H and O–H groups in total. The fourth-order valence-electron chi connectivity index (χ4n) is 0.431. The molecule has 0 aromatic rings. The Labute approximate surface area is 53.3 Å². The summed E-state index contributed by atoms with van der Waals surface area (Å²) in [7, 11) is 0. The van der Waals surface area contributed by atoms with Crippen molar-refractivity contribution in [3.63, 3.8) is 0 Å². The Morgan fingerprint density at radius 3 is 2.11 bits per heavy atom. The zero-order chi connectivity index (χ0) is 7.49. The van der Waals surface area contributed by atoms with Gasteiger partial charge < -0.3 is 0 Å². The molecule has 0 saturated carbocycles. The zero-order valence-corrected chi connectivity index (χ0v) is 5.49. The number of alkyl halides is 2. The van der Waals surface area contributed by atoms with Crippen LogP contribution in [0.1, 0.15) is 20.3 Å². The third-order valence-electron chi connectivity index (χ3n) is 0.967. The first-order chi connectivity index (χ1) is 3.98. The number of rotatable bonds is 2. The molecule has 3 heteroatoms. The van der Waals surface area contributed by atoms with Crippen molar-refractivity contribution in [3.8, 4) is 6.07 Å². The van der Waals surface area contributed by atoms with Gasteiger partial charge in [0.2, 0.25) is 6.43 Å². The summed E-state index contributed by atoms with van der Waals surface area (Å²) in [5, 5.41) is 8.26. The van der Waals surface area contributed by atoms with E-state index in [9.17, 15) is 8.78 Å². The van der Waals surface area contributed by atoms with Crippen LogP contribution in [0.3, 0.4) is 0 Å². The minimum atomic E-state index is -2.38. The van der Waals surface area contributed by atoms with Gasteiger partial charge >= 0.3 is 0 Å². The topological polar surface area (TPSA) is 23.8 Å². The molecular weight excluding hydrogens is 124 g/mol. The van der Waals surface area contributed by atoms with E-state index in [0.29, 0.717) is 0 Å². The van der Waals surface area contributed by atoms with E-state index in [4.69, 9.17) is 5.26 Å². The maximum absolute atomic E-state index is 11.6. The van der Waals surface area contributed by atoms with Gasteiger partial charge in [0.1, 0.15) is 0 Å². The molecule has 0 unspecified atom stereocenters. The Morgan fingerprint density at radius 1 is 1.56 bits per heavy atom. The van der Waals surface area contributed by atoms with Gasteiger partial charge in [-0.25, -0.2) is 8.78 Å². The second kappa shape index (κ2) is 2.77. The Hall–Kier alpha value is -0.650. The minimum Gasteiger partial charge on any atom is -0.210 e. The molecular formula is C6H9F2N. The van der Waals surface area contributed by atoms with E-state index in [1.54, 1.807) is 6.07 Å². The summed E-state index contributed by atoms with van der Waals surface area (Å²) in [6.45, 7) is 3.00. The van der Waals surface area contributed by atoms with Gasteiger partial charge in [-0.05, 0) is 13.8 Å². The molecule has 52 valence electrons. The van der Waals surface area contributed by atoms with Crippen LogP contribution >= 0.6 is 0 Å². The van der Waals surface area contributed by atoms with E-state index >= 15 is 0 Å². The third kappa shape index (κ3) is 3.89. The molecule has 0 rings (SSSR count). The van der Waals surface area contributed by atoms with E-state index in [1.165, 1.54) is 13.8 Å². The highest BCUT2D eigenvalue weighted by Gasteiger charge is 2.21. The Morgan fingerprint density at radius 2 is 2.00 bits per heavy atom. The van der Waals surface area contributed by atoms with E-state index < -0.39 is 11.8 Å². The second-order valence-electron chi connectivity index (χ2n) is 2.59. The molecule has 0 aromatic heterocycles. The first-order valence-corrected chi connectivity index (χ1v) is 2.67. The SMILES string of the molecule is CC(C)(C#N)CC(F)F. The molecule has 0 aliphatic carbocycles.